The van der Waals surface area contributed by atoms with Crippen molar-refractivity contribution in [1.29, 1.82) is 0 Å². The number of hydrogen-bond donors (Lipinski definition) is 0. The maximum absolute atomic E-state index is 5.46. The van der Waals surface area contributed by atoms with Gasteiger partial charge in [0.25, 0.3) is 0 Å². The van der Waals surface area contributed by atoms with Crippen LogP contribution in [-0.2, 0) is 0 Å². The van der Waals surface area contributed by atoms with E-state index in [1.54, 1.807) is 0 Å². The van der Waals surface area contributed by atoms with Crippen LogP contribution in [0.1, 0.15) is 5.56 Å². The average Bonchev–Trinajstić information content (AvgIpc) is 2.05. The minimum atomic E-state index is -1.01. The van der Waals surface area contributed by atoms with Crippen molar-refractivity contribution in [3.8, 4) is 0 Å². The molecule has 2 heteroatoms. The summed E-state index contributed by atoms with van der Waals surface area (Å²) in [4.78, 5) is 0. The van der Waals surface area contributed by atoms with Crippen molar-refractivity contribution in [3.05, 3.63) is 42.5 Å². The Balaban J connectivity index is 0.000000261. The summed E-state index contributed by atoms with van der Waals surface area (Å²) >= 11 is -1.01. The van der Waals surface area contributed by atoms with E-state index in [4.69, 9.17) is 10.0 Å². The van der Waals surface area contributed by atoms with E-state index < -0.39 is 13.4 Å². The van der Waals surface area contributed by atoms with E-state index >= 15 is 0 Å². The SMILES string of the molecule is C=Cc1ccccc1.[CH3][GeH]([CH3])[Cl]. The Labute approximate surface area is 83.5 Å². The van der Waals surface area contributed by atoms with Gasteiger partial charge in [0.15, 0.2) is 0 Å². The quantitative estimate of drug-likeness (QED) is 0.662. The molecule has 0 N–H and O–H groups in total. The number of benzene rings is 1. The van der Waals surface area contributed by atoms with Gasteiger partial charge in [-0.1, -0.05) is 43.0 Å². The first-order chi connectivity index (χ1) is 5.66. The van der Waals surface area contributed by atoms with Gasteiger partial charge in [0.2, 0.25) is 0 Å². The van der Waals surface area contributed by atoms with Gasteiger partial charge in [0.05, 0.1) is 0 Å². The summed E-state index contributed by atoms with van der Waals surface area (Å²) in [6.07, 6.45) is 1.83. The van der Waals surface area contributed by atoms with Crippen molar-refractivity contribution in [1.82, 2.24) is 0 Å². The third kappa shape index (κ3) is 7.89. The first-order valence-corrected chi connectivity index (χ1v) is 12.0. The summed E-state index contributed by atoms with van der Waals surface area (Å²) in [5.74, 6) is 4.24. The molecule has 0 atom stereocenters. The van der Waals surface area contributed by atoms with Gasteiger partial charge in [-0.05, 0) is 5.56 Å². The van der Waals surface area contributed by atoms with Crippen molar-refractivity contribution in [2.75, 3.05) is 0 Å². The van der Waals surface area contributed by atoms with Crippen molar-refractivity contribution < 1.29 is 0 Å². The molecule has 0 aromatic heterocycles. The zero-order valence-corrected chi connectivity index (χ0v) is 10.8. The van der Waals surface area contributed by atoms with Crippen LogP contribution >= 0.6 is 10.0 Å². The molecule has 66 valence electrons. The van der Waals surface area contributed by atoms with Gasteiger partial charge in [-0.2, -0.15) is 0 Å². The third-order valence-corrected chi connectivity index (χ3v) is 1.04. The Bertz CT molecular complexity index is 204. The van der Waals surface area contributed by atoms with E-state index in [2.05, 4.69) is 18.1 Å². The fourth-order valence-electron chi connectivity index (χ4n) is 0.589. The first kappa shape index (κ1) is 11.8. The molecule has 0 unspecified atom stereocenters. The number of rotatable bonds is 1. The van der Waals surface area contributed by atoms with E-state index in [1.807, 2.05) is 36.4 Å². The molecule has 0 radical (unpaired) electrons. The van der Waals surface area contributed by atoms with Crippen LogP contribution in [0, 0.1) is 0 Å². The molecular formula is C10H15ClGe. The predicted molar refractivity (Wildman–Crippen MR) is 61.3 cm³/mol. The standard InChI is InChI=1S/C8H8.C2H7ClGe/c1-2-8-6-4-3-5-7-8;1-4(2)3/h2-7H,1H2;4H,1-2H3. The van der Waals surface area contributed by atoms with Crippen LogP contribution in [0.25, 0.3) is 6.08 Å². The maximum atomic E-state index is 5.46. The predicted octanol–water partition coefficient (Wildman–Crippen LogP) is 3.54. The van der Waals surface area contributed by atoms with Gasteiger partial charge in [0, 0.05) is 0 Å². The van der Waals surface area contributed by atoms with Crippen LogP contribution < -0.4 is 0 Å². The van der Waals surface area contributed by atoms with Crippen LogP contribution in [0.3, 0.4) is 0 Å². The molecule has 0 saturated heterocycles. The third-order valence-electron chi connectivity index (χ3n) is 1.04. The van der Waals surface area contributed by atoms with Crippen molar-refractivity contribution in [2.45, 2.75) is 11.5 Å². The first-order valence-electron chi connectivity index (χ1n) is 3.98. The molecule has 0 bridgehead atoms. The van der Waals surface area contributed by atoms with Crippen LogP contribution in [-0.4, -0.2) is 13.4 Å². The Hall–Kier alpha value is -0.207. The van der Waals surface area contributed by atoms with Gasteiger partial charge in [-0.25, -0.2) is 0 Å². The van der Waals surface area contributed by atoms with E-state index in [0.717, 1.165) is 0 Å². The normalized spacial score (nSPS) is 8.67. The van der Waals surface area contributed by atoms with Crippen LogP contribution in [0.4, 0.5) is 0 Å². The molecule has 0 heterocycles. The fourth-order valence-corrected chi connectivity index (χ4v) is 0.589. The molecule has 1 rings (SSSR count). The second kappa shape index (κ2) is 7.44. The summed E-state index contributed by atoms with van der Waals surface area (Å²) in [6, 6.07) is 10.0. The molecule has 0 fully saturated rings. The number of hydrogen-bond acceptors (Lipinski definition) is 0. The molecule has 0 aliphatic heterocycles. The zero-order chi connectivity index (χ0) is 9.40. The molecule has 0 saturated carbocycles. The van der Waals surface area contributed by atoms with Gasteiger partial charge >= 0.3 is 34.9 Å². The summed E-state index contributed by atoms with van der Waals surface area (Å²) in [5.41, 5.74) is 1.17. The Morgan fingerprint density at radius 1 is 1.25 bits per heavy atom. The molecule has 12 heavy (non-hydrogen) atoms. The Morgan fingerprint density at radius 3 is 1.92 bits per heavy atom. The van der Waals surface area contributed by atoms with Crippen molar-refractivity contribution >= 4 is 29.5 Å². The molecule has 0 nitrogen and oxygen atoms in total. The topological polar surface area (TPSA) is 0 Å². The zero-order valence-electron chi connectivity index (χ0n) is 7.63. The van der Waals surface area contributed by atoms with E-state index in [1.165, 1.54) is 5.56 Å². The van der Waals surface area contributed by atoms with Gasteiger partial charge in [-0.15, -0.1) is 0 Å². The van der Waals surface area contributed by atoms with E-state index in [9.17, 15) is 0 Å². The molecule has 0 spiro atoms. The molecule has 0 amide bonds. The van der Waals surface area contributed by atoms with Crippen LogP contribution in [0.15, 0.2) is 36.9 Å². The second-order valence-corrected chi connectivity index (χ2v) is 11.4. The molecule has 0 aliphatic carbocycles. The Kier molecular flexibility index (Phi) is 7.31. The van der Waals surface area contributed by atoms with Crippen LogP contribution in [0.2, 0.25) is 11.5 Å². The second-order valence-electron chi connectivity index (χ2n) is 2.63. The van der Waals surface area contributed by atoms with Crippen molar-refractivity contribution in [3.63, 3.8) is 0 Å². The van der Waals surface area contributed by atoms with Crippen molar-refractivity contribution in [2.24, 2.45) is 0 Å². The van der Waals surface area contributed by atoms with Gasteiger partial charge in [0.1, 0.15) is 0 Å². The average molecular weight is 243 g/mol. The molecular weight excluding hydrogens is 228 g/mol. The minimum absolute atomic E-state index is 1.01. The van der Waals surface area contributed by atoms with E-state index in [-0.39, 0.29) is 0 Å². The summed E-state index contributed by atoms with van der Waals surface area (Å²) in [7, 11) is 5.46. The number of halogens is 1. The Morgan fingerprint density at radius 2 is 1.67 bits per heavy atom. The fraction of sp³-hybridized carbons (Fsp3) is 0.200. The summed E-state index contributed by atoms with van der Waals surface area (Å²) in [6.45, 7) is 3.63. The van der Waals surface area contributed by atoms with Gasteiger partial charge < -0.3 is 0 Å². The molecule has 1 aromatic carbocycles. The monoisotopic (exact) mass is 244 g/mol. The molecule has 1 aromatic rings. The summed E-state index contributed by atoms with van der Waals surface area (Å²) in [5, 5.41) is 0. The molecule has 0 aliphatic rings. The summed E-state index contributed by atoms with van der Waals surface area (Å²) < 4.78 is 0. The van der Waals surface area contributed by atoms with Gasteiger partial charge in [-0.3, -0.25) is 0 Å². The van der Waals surface area contributed by atoms with E-state index in [0.29, 0.717) is 0 Å². The van der Waals surface area contributed by atoms with Crippen LogP contribution in [0.5, 0.6) is 0 Å².